The fraction of sp³-hybridized carbons (Fsp3) is 0.533. The van der Waals surface area contributed by atoms with E-state index < -0.39 is 38.2 Å². The Bertz CT molecular complexity index is 664. The predicted octanol–water partition coefficient (Wildman–Crippen LogP) is 0.982. The minimum atomic E-state index is -4.13. The summed E-state index contributed by atoms with van der Waals surface area (Å²) in [6.45, 7) is 7.20. The van der Waals surface area contributed by atoms with Gasteiger partial charge in [-0.3, -0.25) is 4.79 Å². The fourth-order valence-electron chi connectivity index (χ4n) is 1.83. The SMILES string of the molecule is CC(NS(=O)(=O)c1ccccc1F)C(=O)NC(C)(CN)C(C)C. The van der Waals surface area contributed by atoms with Gasteiger partial charge in [-0.15, -0.1) is 0 Å². The number of rotatable bonds is 7. The Hall–Kier alpha value is -1.51. The standard InChI is InChI=1S/C15H24FN3O3S/c1-10(2)15(4,9-17)18-14(20)11(3)19-23(21,22)13-8-6-5-7-12(13)16/h5-8,10-11,19H,9,17H2,1-4H3,(H,18,20). The molecular weight excluding hydrogens is 321 g/mol. The van der Waals surface area contributed by atoms with Gasteiger partial charge < -0.3 is 11.1 Å². The maximum atomic E-state index is 13.6. The molecule has 0 heterocycles. The molecule has 0 radical (unpaired) electrons. The van der Waals surface area contributed by atoms with Crippen molar-refractivity contribution < 1.29 is 17.6 Å². The molecule has 0 aliphatic carbocycles. The van der Waals surface area contributed by atoms with E-state index in [1.54, 1.807) is 6.92 Å². The molecule has 0 aliphatic rings. The van der Waals surface area contributed by atoms with E-state index in [2.05, 4.69) is 10.0 Å². The van der Waals surface area contributed by atoms with E-state index >= 15 is 0 Å². The molecule has 1 aromatic carbocycles. The summed E-state index contributed by atoms with van der Waals surface area (Å²) in [5.41, 5.74) is 5.03. The second-order valence-corrected chi connectivity index (χ2v) is 7.72. The maximum Gasteiger partial charge on any atom is 0.244 e. The zero-order chi connectivity index (χ0) is 17.8. The third-order valence-corrected chi connectivity index (χ3v) is 5.53. The van der Waals surface area contributed by atoms with Gasteiger partial charge in [0.1, 0.15) is 10.7 Å². The van der Waals surface area contributed by atoms with E-state index in [0.29, 0.717) is 0 Å². The highest BCUT2D eigenvalue weighted by Crippen LogP contribution is 2.16. The van der Waals surface area contributed by atoms with Crippen molar-refractivity contribution in [2.24, 2.45) is 11.7 Å². The van der Waals surface area contributed by atoms with Crippen molar-refractivity contribution in [2.75, 3.05) is 6.54 Å². The Morgan fingerprint density at radius 3 is 2.35 bits per heavy atom. The Morgan fingerprint density at radius 2 is 1.87 bits per heavy atom. The number of hydrogen-bond acceptors (Lipinski definition) is 4. The second-order valence-electron chi connectivity index (χ2n) is 6.04. The zero-order valence-corrected chi connectivity index (χ0v) is 14.6. The van der Waals surface area contributed by atoms with Crippen LogP contribution >= 0.6 is 0 Å². The van der Waals surface area contributed by atoms with Crippen LogP contribution in [0.2, 0.25) is 0 Å². The lowest BCUT2D eigenvalue weighted by atomic mass is 9.88. The molecule has 130 valence electrons. The van der Waals surface area contributed by atoms with Crippen molar-refractivity contribution in [1.29, 1.82) is 0 Å². The van der Waals surface area contributed by atoms with E-state index in [-0.39, 0.29) is 12.5 Å². The van der Waals surface area contributed by atoms with Crippen LogP contribution in [0.3, 0.4) is 0 Å². The molecule has 1 aromatic rings. The first-order chi connectivity index (χ1) is 10.5. The van der Waals surface area contributed by atoms with Crippen molar-refractivity contribution in [1.82, 2.24) is 10.0 Å². The van der Waals surface area contributed by atoms with E-state index in [0.717, 1.165) is 12.1 Å². The molecular formula is C15H24FN3O3S. The molecule has 4 N–H and O–H groups in total. The molecule has 6 nitrogen and oxygen atoms in total. The lowest BCUT2D eigenvalue weighted by Crippen LogP contribution is -2.59. The van der Waals surface area contributed by atoms with Gasteiger partial charge in [0, 0.05) is 6.54 Å². The first-order valence-electron chi connectivity index (χ1n) is 7.32. The van der Waals surface area contributed by atoms with E-state index in [1.165, 1.54) is 19.1 Å². The molecule has 0 aliphatic heterocycles. The average molecular weight is 345 g/mol. The molecule has 0 saturated heterocycles. The lowest BCUT2D eigenvalue weighted by molar-refractivity contribution is -0.124. The highest BCUT2D eigenvalue weighted by molar-refractivity contribution is 7.89. The van der Waals surface area contributed by atoms with E-state index in [9.17, 15) is 17.6 Å². The third-order valence-electron chi connectivity index (χ3n) is 3.96. The lowest BCUT2D eigenvalue weighted by Gasteiger charge is -2.34. The molecule has 1 rings (SSSR count). The van der Waals surface area contributed by atoms with Gasteiger partial charge in [0.25, 0.3) is 0 Å². The fourth-order valence-corrected chi connectivity index (χ4v) is 3.12. The largest absolute Gasteiger partial charge is 0.348 e. The molecule has 0 bridgehead atoms. The predicted molar refractivity (Wildman–Crippen MR) is 86.6 cm³/mol. The number of benzene rings is 1. The summed E-state index contributed by atoms with van der Waals surface area (Å²) < 4.78 is 40.2. The Balaban J connectivity index is 2.89. The van der Waals surface area contributed by atoms with Crippen LogP contribution in [0.5, 0.6) is 0 Å². The van der Waals surface area contributed by atoms with Crippen molar-refractivity contribution in [2.45, 2.75) is 44.2 Å². The number of carbonyl (C=O) groups excluding carboxylic acids is 1. The molecule has 0 fully saturated rings. The molecule has 0 aromatic heterocycles. The first kappa shape index (κ1) is 19.5. The molecule has 2 atom stereocenters. The number of hydrogen-bond donors (Lipinski definition) is 3. The number of sulfonamides is 1. The number of carbonyl (C=O) groups is 1. The molecule has 1 amide bonds. The second kappa shape index (κ2) is 7.37. The molecule has 0 spiro atoms. The number of amides is 1. The van der Waals surface area contributed by atoms with Crippen LogP contribution in [0.4, 0.5) is 4.39 Å². The van der Waals surface area contributed by atoms with Crippen LogP contribution < -0.4 is 15.8 Å². The molecule has 0 saturated carbocycles. The van der Waals surface area contributed by atoms with Crippen molar-refractivity contribution in [3.8, 4) is 0 Å². The minimum Gasteiger partial charge on any atom is -0.348 e. The minimum absolute atomic E-state index is 0.0619. The van der Waals surface area contributed by atoms with Crippen LogP contribution in [-0.4, -0.2) is 32.5 Å². The highest BCUT2D eigenvalue weighted by Gasteiger charge is 2.32. The normalized spacial score (nSPS) is 16.0. The van der Waals surface area contributed by atoms with Crippen LogP contribution in [-0.2, 0) is 14.8 Å². The summed E-state index contributed by atoms with van der Waals surface area (Å²) in [5, 5.41) is 2.75. The summed E-state index contributed by atoms with van der Waals surface area (Å²) in [4.78, 5) is 11.7. The topological polar surface area (TPSA) is 101 Å². The number of nitrogens with one attached hydrogen (secondary N) is 2. The first-order valence-corrected chi connectivity index (χ1v) is 8.81. The molecule has 2 unspecified atom stereocenters. The summed E-state index contributed by atoms with van der Waals surface area (Å²) in [6, 6.07) is 3.92. The van der Waals surface area contributed by atoms with Crippen LogP contribution in [0, 0.1) is 11.7 Å². The van der Waals surface area contributed by atoms with Gasteiger partial charge in [-0.2, -0.15) is 4.72 Å². The van der Waals surface area contributed by atoms with Gasteiger partial charge in [-0.05, 0) is 31.9 Å². The Morgan fingerprint density at radius 1 is 1.30 bits per heavy atom. The summed E-state index contributed by atoms with van der Waals surface area (Å²) in [5.74, 6) is -1.33. The van der Waals surface area contributed by atoms with Crippen LogP contribution in [0.1, 0.15) is 27.7 Å². The van der Waals surface area contributed by atoms with Gasteiger partial charge in [0.15, 0.2) is 0 Å². The maximum absolute atomic E-state index is 13.6. The average Bonchev–Trinajstić information content (AvgIpc) is 2.46. The van der Waals surface area contributed by atoms with Crippen LogP contribution in [0.15, 0.2) is 29.2 Å². The van der Waals surface area contributed by atoms with Crippen LogP contribution in [0.25, 0.3) is 0 Å². The van der Waals surface area contributed by atoms with Gasteiger partial charge in [0.05, 0.1) is 11.6 Å². The van der Waals surface area contributed by atoms with Gasteiger partial charge in [0.2, 0.25) is 15.9 Å². The third kappa shape index (κ3) is 4.73. The van der Waals surface area contributed by atoms with Crippen molar-refractivity contribution >= 4 is 15.9 Å². The summed E-state index contributed by atoms with van der Waals surface area (Å²) in [6.07, 6.45) is 0. The molecule has 23 heavy (non-hydrogen) atoms. The Labute approximate surface area is 136 Å². The number of halogens is 1. The van der Waals surface area contributed by atoms with Crippen molar-refractivity contribution in [3.63, 3.8) is 0 Å². The monoisotopic (exact) mass is 345 g/mol. The highest BCUT2D eigenvalue weighted by atomic mass is 32.2. The van der Waals surface area contributed by atoms with E-state index in [1.807, 2.05) is 13.8 Å². The van der Waals surface area contributed by atoms with Gasteiger partial charge >= 0.3 is 0 Å². The molecule has 8 heteroatoms. The quantitative estimate of drug-likeness (QED) is 0.686. The van der Waals surface area contributed by atoms with Gasteiger partial charge in [-0.1, -0.05) is 26.0 Å². The van der Waals surface area contributed by atoms with Crippen molar-refractivity contribution in [3.05, 3.63) is 30.1 Å². The summed E-state index contributed by atoms with van der Waals surface area (Å²) >= 11 is 0. The zero-order valence-electron chi connectivity index (χ0n) is 13.8. The number of nitrogens with two attached hydrogens (primary N) is 1. The smallest absolute Gasteiger partial charge is 0.244 e. The Kier molecular flexibility index (Phi) is 6.26. The summed E-state index contributed by atoms with van der Waals surface area (Å²) in [7, 11) is -4.13. The van der Waals surface area contributed by atoms with Gasteiger partial charge in [-0.25, -0.2) is 12.8 Å². The van der Waals surface area contributed by atoms with E-state index in [4.69, 9.17) is 5.73 Å².